The summed E-state index contributed by atoms with van der Waals surface area (Å²) in [6.45, 7) is 0. The smallest absolute Gasteiger partial charge is 0.153 e. The molecule has 0 atom stereocenters. The van der Waals surface area contributed by atoms with Crippen LogP contribution < -0.4 is 5.73 Å². The zero-order valence-electron chi connectivity index (χ0n) is 9.14. The maximum absolute atomic E-state index is 5.82. The SMILES string of the molecule is Cn1nc(N)cc1-c1cc2cccc(Br)c2o1. The van der Waals surface area contributed by atoms with Gasteiger partial charge in [0.2, 0.25) is 0 Å². The van der Waals surface area contributed by atoms with Gasteiger partial charge >= 0.3 is 0 Å². The molecule has 86 valence electrons. The van der Waals surface area contributed by atoms with E-state index < -0.39 is 0 Å². The Kier molecular flexibility index (Phi) is 2.22. The molecule has 1 aromatic carbocycles. The molecule has 0 bridgehead atoms. The summed E-state index contributed by atoms with van der Waals surface area (Å²) in [6, 6.07) is 9.71. The monoisotopic (exact) mass is 291 g/mol. The third-order valence-electron chi connectivity index (χ3n) is 2.65. The van der Waals surface area contributed by atoms with E-state index in [1.165, 1.54) is 0 Å². The Morgan fingerprint density at radius 3 is 2.82 bits per heavy atom. The van der Waals surface area contributed by atoms with Crippen molar-refractivity contribution >= 4 is 32.7 Å². The van der Waals surface area contributed by atoms with Gasteiger partial charge in [0.25, 0.3) is 0 Å². The van der Waals surface area contributed by atoms with Crippen molar-refractivity contribution in [1.82, 2.24) is 9.78 Å². The van der Waals surface area contributed by atoms with E-state index in [2.05, 4.69) is 21.0 Å². The van der Waals surface area contributed by atoms with Crippen LogP contribution in [0.1, 0.15) is 0 Å². The second kappa shape index (κ2) is 3.63. The van der Waals surface area contributed by atoms with Crippen LogP contribution in [-0.4, -0.2) is 9.78 Å². The van der Waals surface area contributed by atoms with Gasteiger partial charge < -0.3 is 10.2 Å². The van der Waals surface area contributed by atoms with Gasteiger partial charge in [-0.1, -0.05) is 12.1 Å². The Balaban J connectivity index is 2.25. The average molecular weight is 292 g/mol. The number of halogens is 1. The van der Waals surface area contributed by atoms with Gasteiger partial charge in [0.05, 0.1) is 4.47 Å². The standard InChI is InChI=1S/C12H10BrN3O/c1-16-9(6-11(14)15-16)10-5-7-3-2-4-8(13)12(7)17-10/h2-6H,1H3,(H2,14,15). The van der Waals surface area contributed by atoms with Crippen LogP contribution in [0.3, 0.4) is 0 Å². The first kappa shape index (κ1) is 10.4. The highest BCUT2D eigenvalue weighted by atomic mass is 79.9. The van der Waals surface area contributed by atoms with Crippen LogP contribution >= 0.6 is 15.9 Å². The molecule has 2 aromatic heterocycles. The lowest BCUT2D eigenvalue weighted by molar-refractivity contribution is 0.616. The van der Waals surface area contributed by atoms with E-state index in [0.29, 0.717) is 5.82 Å². The highest BCUT2D eigenvalue weighted by Crippen LogP contribution is 2.32. The summed E-state index contributed by atoms with van der Waals surface area (Å²) in [5, 5.41) is 5.15. The first-order valence-corrected chi connectivity index (χ1v) is 5.92. The number of hydrogen-bond acceptors (Lipinski definition) is 3. The Morgan fingerprint density at radius 1 is 1.35 bits per heavy atom. The topological polar surface area (TPSA) is 57.0 Å². The molecule has 17 heavy (non-hydrogen) atoms. The number of rotatable bonds is 1. The Morgan fingerprint density at radius 2 is 2.18 bits per heavy atom. The van der Waals surface area contributed by atoms with Crippen molar-refractivity contribution in [2.75, 3.05) is 5.73 Å². The van der Waals surface area contributed by atoms with Gasteiger partial charge in [-0.15, -0.1) is 0 Å². The molecule has 0 radical (unpaired) electrons. The fourth-order valence-electron chi connectivity index (χ4n) is 1.87. The number of hydrogen-bond donors (Lipinski definition) is 1. The Hall–Kier alpha value is -1.75. The van der Waals surface area contributed by atoms with Crippen LogP contribution in [0.15, 0.2) is 39.2 Å². The maximum Gasteiger partial charge on any atom is 0.153 e. The largest absolute Gasteiger partial charge is 0.453 e. The summed E-state index contributed by atoms with van der Waals surface area (Å²) in [7, 11) is 1.84. The first-order valence-electron chi connectivity index (χ1n) is 5.13. The van der Waals surface area contributed by atoms with Gasteiger partial charge in [-0.05, 0) is 28.1 Å². The number of benzene rings is 1. The number of aryl methyl sites for hydroxylation is 1. The van der Waals surface area contributed by atoms with Gasteiger partial charge in [-0.3, -0.25) is 4.68 Å². The predicted molar refractivity (Wildman–Crippen MR) is 70.5 cm³/mol. The summed E-state index contributed by atoms with van der Waals surface area (Å²) >= 11 is 3.47. The maximum atomic E-state index is 5.82. The highest BCUT2D eigenvalue weighted by Gasteiger charge is 2.12. The molecule has 0 saturated heterocycles. The van der Waals surface area contributed by atoms with Gasteiger partial charge in [-0.25, -0.2) is 0 Å². The summed E-state index contributed by atoms with van der Waals surface area (Å²) in [4.78, 5) is 0. The zero-order valence-corrected chi connectivity index (χ0v) is 10.7. The van der Waals surface area contributed by atoms with E-state index in [9.17, 15) is 0 Å². The van der Waals surface area contributed by atoms with Crippen molar-refractivity contribution in [3.05, 3.63) is 34.8 Å². The number of para-hydroxylation sites is 1. The fraction of sp³-hybridized carbons (Fsp3) is 0.0833. The van der Waals surface area contributed by atoms with Crippen LogP contribution in [0.2, 0.25) is 0 Å². The number of nitrogens with two attached hydrogens (primary N) is 1. The van der Waals surface area contributed by atoms with Crippen molar-refractivity contribution < 1.29 is 4.42 Å². The molecule has 0 fully saturated rings. The van der Waals surface area contributed by atoms with E-state index in [-0.39, 0.29) is 0 Å². The van der Waals surface area contributed by atoms with Crippen LogP contribution in [-0.2, 0) is 7.05 Å². The van der Waals surface area contributed by atoms with E-state index >= 15 is 0 Å². The number of aromatic nitrogens is 2. The minimum atomic E-state index is 0.488. The van der Waals surface area contributed by atoms with E-state index in [1.807, 2.05) is 31.3 Å². The molecule has 0 amide bonds. The molecule has 3 rings (SSSR count). The molecule has 2 heterocycles. The van der Waals surface area contributed by atoms with E-state index in [0.717, 1.165) is 26.9 Å². The summed E-state index contributed by atoms with van der Waals surface area (Å²) in [5.41, 5.74) is 7.36. The number of nitrogens with zero attached hydrogens (tertiary/aromatic N) is 2. The minimum absolute atomic E-state index is 0.488. The summed E-state index contributed by atoms with van der Waals surface area (Å²) in [5.74, 6) is 1.25. The summed E-state index contributed by atoms with van der Waals surface area (Å²) < 4.78 is 8.47. The third kappa shape index (κ3) is 1.63. The van der Waals surface area contributed by atoms with Gasteiger partial charge in [0.1, 0.15) is 17.1 Å². The van der Waals surface area contributed by atoms with Crippen molar-refractivity contribution in [3.8, 4) is 11.5 Å². The lowest BCUT2D eigenvalue weighted by Crippen LogP contribution is -1.93. The molecule has 0 spiro atoms. The van der Waals surface area contributed by atoms with Crippen LogP contribution in [0.4, 0.5) is 5.82 Å². The van der Waals surface area contributed by atoms with Crippen molar-refractivity contribution in [3.63, 3.8) is 0 Å². The van der Waals surface area contributed by atoms with Crippen molar-refractivity contribution in [2.45, 2.75) is 0 Å². The van der Waals surface area contributed by atoms with Gasteiger partial charge in [-0.2, -0.15) is 5.10 Å². The van der Waals surface area contributed by atoms with E-state index in [1.54, 1.807) is 10.7 Å². The molecule has 3 aromatic rings. The number of furan rings is 1. The fourth-order valence-corrected chi connectivity index (χ4v) is 2.34. The van der Waals surface area contributed by atoms with Gasteiger partial charge in [0.15, 0.2) is 5.76 Å². The summed E-state index contributed by atoms with van der Waals surface area (Å²) in [6.07, 6.45) is 0. The second-order valence-electron chi connectivity index (χ2n) is 3.85. The molecule has 0 saturated carbocycles. The number of anilines is 1. The third-order valence-corrected chi connectivity index (χ3v) is 3.27. The van der Waals surface area contributed by atoms with Crippen LogP contribution in [0.5, 0.6) is 0 Å². The lowest BCUT2D eigenvalue weighted by atomic mass is 10.2. The predicted octanol–water partition coefficient (Wildman–Crippen LogP) is 3.18. The molecular weight excluding hydrogens is 282 g/mol. The first-order chi connectivity index (χ1) is 8.15. The number of nitrogen functional groups attached to an aromatic ring is 1. The normalized spacial score (nSPS) is 11.2. The second-order valence-corrected chi connectivity index (χ2v) is 4.70. The molecule has 4 nitrogen and oxygen atoms in total. The van der Waals surface area contributed by atoms with Crippen molar-refractivity contribution in [1.29, 1.82) is 0 Å². The highest BCUT2D eigenvalue weighted by molar-refractivity contribution is 9.10. The quantitative estimate of drug-likeness (QED) is 0.749. The molecule has 0 aliphatic carbocycles. The Bertz CT molecular complexity index is 699. The molecule has 5 heteroatoms. The molecule has 0 aliphatic heterocycles. The Labute approximate surface area is 106 Å². The average Bonchev–Trinajstić information content (AvgIpc) is 2.82. The molecular formula is C12H10BrN3O. The zero-order chi connectivity index (χ0) is 12.0. The van der Waals surface area contributed by atoms with E-state index in [4.69, 9.17) is 10.2 Å². The lowest BCUT2D eigenvalue weighted by Gasteiger charge is -1.95. The van der Waals surface area contributed by atoms with Crippen LogP contribution in [0, 0.1) is 0 Å². The molecule has 2 N–H and O–H groups in total. The molecule has 0 unspecified atom stereocenters. The van der Waals surface area contributed by atoms with Crippen molar-refractivity contribution in [2.24, 2.45) is 7.05 Å². The minimum Gasteiger partial charge on any atom is -0.453 e. The molecule has 0 aliphatic rings. The van der Waals surface area contributed by atoms with Gasteiger partial charge in [0, 0.05) is 18.5 Å². The van der Waals surface area contributed by atoms with Crippen LogP contribution in [0.25, 0.3) is 22.4 Å². The number of fused-ring (bicyclic) bond motifs is 1.